The molecule has 0 aliphatic heterocycles. The molecule has 0 N–H and O–H groups in total. The van der Waals surface area contributed by atoms with Crippen LogP contribution in [0.3, 0.4) is 0 Å². The molecular formula is C10H5Br6N3S. The zero-order chi connectivity index (χ0) is 15.1. The molecule has 0 amide bonds. The Kier molecular flexibility index (Phi) is 5.92. The maximum absolute atomic E-state index is 4.49. The van der Waals surface area contributed by atoms with Crippen molar-refractivity contribution >= 4 is 107 Å². The standard InChI is InChI=1S/C10H5Br6N3S/c1-4-2-5(20-3-4)6-17-7(9(11,12)13)19-8(18-6)10(14,15)16/h2-3H,1H3. The maximum atomic E-state index is 4.49. The maximum Gasteiger partial charge on any atom is 0.194 e. The molecule has 2 heterocycles. The summed E-state index contributed by atoms with van der Waals surface area (Å²) in [6, 6.07) is 2.05. The number of alkyl halides is 6. The van der Waals surface area contributed by atoms with Crippen LogP contribution >= 0.6 is 107 Å². The molecule has 0 bridgehead atoms. The van der Waals surface area contributed by atoms with Gasteiger partial charge in [0.05, 0.1) is 4.88 Å². The number of aryl methyl sites for hydroxylation is 1. The second-order valence-electron chi connectivity index (χ2n) is 3.79. The Bertz CT molecular complexity index is 598. The highest BCUT2D eigenvalue weighted by Gasteiger charge is 2.32. The van der Waals surface area contributed by atoms with E-state index in [0.29, 0.717) is 17.5 Å². The summed E-state index contributed by atoms with van der Waals surface area (Å²) in [6.45, 7) is 2.04. The Morgan fingerprint density at radius 3 is 1.75 bits per heavy atom. The molecule has 10 heteroatoms. The highest BCUT2D eigenvalue weighted by Crippen LogP contribution is 2.46. The van der Waals surface area contributed by atoms with E-state index in [0.717, 1.165) is 4.88 Å². The molecule has 0 unspecified atom stereocenters. The normalized spacial score (nSPS) is 12.8. The number of hydrogen-bond donors (Lipinski definition) is 0. The first-order valence-corrected chi connectivity index (χ1v) is 10.7. The minimum absolute atomic E-state index is 0.520. The lowest BCUT2D eigenvalue weighted by atomic mass is 10.3. The van der Waals surface area contributed by atoms with Crippen molar-refractivity contribution in [3.63, 3.8) is 0 Å². The van der Waals surface area contributed by atoms with Crippen LogP contribution in [0.1, 0.15) is 17.2 Å². The van der Waals surface area contributed by atoms with E-state index in [9.17, 15) is 0 Å². The van der Waals surface area contributed by atoms with Crippen LogP contribution in [0.15, 0.2) is 11.4 Å². The van der Waals surface area contributed by atoms with Gasteiger partial charge in [0.15, 0.2) is 21.8 Å². The molecule has 108 valence electrons. The fourth-order valence-electron chi connectivity index (χ4n) is 1.29. The Hall–Kier alpha value is 1.59. The van der Waals surface area contributed by atoms with E-state index in [4.69, 9.17) is 0 Å². The minimum Gasteiger partial charge on any atom is -0.211 e. The van der Waals surface area contributed by atoms with Gasteiger partial charge in [0.2, 0.25) is 0 Å². The summed E-state index contributed by atoms with van der Waals surface area (Å²) >= 11 is 22.2. The molecule has 20 heavy (non-hydrogen) atoms. The van der Waals surface area contributed by atoms with Crippen LogP contribution in [0.5, 0.6) is 0 Å². The third kappa shape index (κ3) is 4.55. The Morgan fingerprint density at radius 1 is 0.900 bits per heavy atom. The highest BCUT2D eigenvalue weighted by molar-refractivity contribution is 9.39. The van der Waals surface area contributed by atoms with Crippen molar-refractivity contribution in [3.05, 3.63) is 28.7 Å². The molecule has 0 fully saturated rings. The topological polar surface area (TPSA) is 38.7 Å². The number of rotatable bonds is 1. The van der Waals surface area contributed by atoms with Crippen LogP contribution in [0.25, 0.3) is 10.7 Å². The van der Waals surface area contributed by atoms with Gasteiger partial charge in [0, 0.05) is 0 Å². The van der Waals surface area contributed by atoms with Gasteiger partial charge in [-0.1, -0.05) is 95.6 Å². The van der Waals surface area contributed by atoms with Gasteiger partial charge in [-0.15, -0.1) is 11.3 Å². The van der Waals surface area contributed by atoms with Crippen LogP contribution < -0.4 is 0 Å². The number of hydrogen-bond acceptors (Lipinski definition) is 4. The van der Waals surface area contributed by atoms with Crippen molar-refractivity contribution in [1.29, 1.82) is 0 Å². The number of nitrogens with zero attached hydrogens (tertiary/aromatic N) is 3. The number of aromatic nitrogens is 3. The van der Waals surface area contributed by atoms with E-state index in [2.05, 4.69) is 116 Å². The summed E-state index contributed by atoms with van der Waals surface area (Å²) in [4.78, 5) is 14.4. The first kappa shape index (κ1) is 17.9. The lowest BCUT2D eigenvalue weighted by Crippen LogP contribution is -2.15. The zero-order valence-corrected chi connectivity index (χ0v) is 20.0. The quantitative estimate of drug-likeness (QED) is 0.324. The SMILES string of the molecule is Cc1csc(-c2nc(C(Br)(Br)Br)nc(C(Br)(Br)Br)n2)c1. The molecule has 3 nitrogen and oxygen atoms in total. The molecule has 0 aliphatic rings. The van der Waals surface area contributed by atoms with Crippen LogP contribution in [0.2, 0.25) is 0 Å². The highest BCUT2D eigenvalue weighted by atomic mass is 80.0. The summed E-state index contributed by atoms with van der Waals surface area (Å²) in [7, 11) is 0. The van der Waals surface area contributed by atoms with E-state index in [1.807, 2.05) is 13.0 Å². The molecule has 0 saturated carbocycles. The summed E-state index contributed by atoms with van der Waals surface area (Å²) in [5.41, 5.74) is 1.18. The van der Waals surface area contributed by atoms with Crippen molar-refractivity contribution in [2.45, 2.75) is 11.2 Å². The van der Waals surface area contributed by atoms with Crippen LogP contribution in [0, 0.1) is 6.92 Å². The van der Waals surface area contributed by atoms with Gasteiger partial charge in [0.1, 0.15) is 0 Å². The van der Waals surface area contributed by atoms with E-state index < -0.39 is 4.29 Å². The van der Waals surface area contributed by atoms with Gasteiger partial charge in [-0.05, 0) is 23.9 Å². The molecule has 0 atom stereocenters. The van der Waals surface area contributed by atoms with E-state index >= 15 is 0 Å². The second kappa shape index (κ2) is 6.60. The average molecular weight is 679 g/mol. The van der Waals surface area contributed by atoms with Gasteiger partial charge in [-0.2, -0.15) is 0 Å². The molecule has 0 spiro atoms. The zero-order valence-electron chi connectivity index (χ0n) is 9.67. The first-order chi connectivity index (χ1) is 9.07. The fourth-order valence-corrected chi connectivity index (χ4v) is 3.18. The van der Waals surface area contributed by atoms with Crippen LogP contribution in [0.4, 0.5) is 0 Å². The number of thiophene rings is 1. The molecule has 2 aromatic rings. The second-order valence-corrected chi connectivity index (χ2v) is 18.2. The van der Waals surface area contributed by atoms with Crippen molar-refractivity contribution in [3.8, 4) is 10.7 Å². The lowest BCUT2D eigenvalue weighted by Gasteiger charge is -2.16. The molecular weight excluding hydrogens is 674 g/mol. The summed E-state index contributed by atoms with van der Waals surface area (Å²) in [5, 5.41) is 2.06. The monoisotopic (exact) mass is 673 g/mol. The predicted molar refractivity (Wildman–Crippen MR) is 105 cm³/mol. The molecule has 2 rings (SSSR count). The van der Waals surface area contributed by atoms with Gasteiger partial charge < -0.3 is 0 Å². The van der Waals surface area contributed by atoms with E-state index in [1.165, 1.54) is 5.56 Å². The van der Waals surface area contributed by atoms with E-state index in [-0.39, 0.29) is 0 Å². The number of halogens is 6. The van der Waals surface area contributed by atoms with Crippen molar-refractivity contribution < 1.29 is 0 Å². The molecule has 0 aliphatic carbocycles. The first-order valence-electron chi connectivity index (χ1n) is 5.03. The average Bonchev–Trinajstić information content (AvgIpc) is 2.73. The third-order valence-electron chi connectivity index (χ3n) is 2.09. The summed E-state index contributed by atoms with van der Waals surface area (Å²) < 4.78 is -1.41. The molecule has 0 radical (unpaired) electrons. The van der Waals surface area contributed by atoms with Gasteiger partial charge in [-0.3, -0.25) is 0 Å². The minimum atomic E-state index is -0.704. The van der Waals surface area contributed by atoms with Gasteiger partial charge >= 0.3 is 0 Å². The molecule has 0 saturated heterocycles. The Labute approximate surface area is 170 Å². The van der Waals surface area contributed by atoms with Crippen LogP contribution in [-0.4, -0.2) is 15.0 Å². The van der Waals surface area contributed by atoms with Crippen molar-refractivity contribution in [2.24, 2.45) is 0 Å². The fraction of sp³-hybridized carbons (Fsp3) is 0.300. The Morgan fingerprint density at radius 2 is 1.40 bits per heavy atom. The van der Waals surface area contributed by atoms with Gasteiger partial charge in [-0.25, -0.2) is 15.0 Å². The summed E-state index contributed by atoms with van der Waals surface area (Å²) in [6.07, 6.45) is 0. The van der Waals surface area contributed by atoms with Crippen molar-refractivity contribution in [2.75, 3.05) is 0 Å². The smallest absolute Gasteiger partial charge is 0.194 e. The van der Waals surface area contributed by atoms with Crippen molar-refractivity contribution in [1.82, 2.24) is 15.0 Å². The van der Waals surface area contributed by atoms with Gasteiger partial charge in [0.25, 0.3) is 0 Å². The van der Waals surface area contributed by atoms with E-state index in [1.54, 1.807) is 11.3 Å². The molecule has 2 aromatic heterocycles. The lowest BCUT2D eigenvalue weighted by molar-refractivity contribution is 0.895. The van der Waals surface area contributed by atoms with Crippen LogP contribution in [-0.2, 0) is 4.29 Å². The Balaban J connectivity index is 2.63. The summed E-state index contributed by atoms with van der Waals surface area (Å²) in [5.74, 6) is 1.66. The molecule has 0 aromatic carbocycles. The third-order valence-corrected chi connectivity index (χ3v) is 5.27. The largest absolute Gasteiger partial charge is 0.211 e. The predicted octanol–water partition coefficient (Wildman–Crippen LogP) is 6.50.